The smallest absolute Gasteiger partial charge is 0.248 e. The van der Waals surface area contributed by atoms with E-state index in [4.69, 9.17) is 16.3 Å². The van der Waals surface area contributed by atoms with Gasteiger partial charge in [-0.25, -0.2) is 0 Å². The average molecular weight is 396 g/mol. The van der Waals surface area contributed by atoms with Gasteiger partial charge in [0.25, 0.3) is 0 Å². The third kappa shape index (κ3) is 3.36. The van der Waals surface area contributed by atoms with Crippen LogP contribution in [0.2, 0.25) is 5.02 Å². The molecule has 0 spiro atoms. The number of hydrogen-bond donors (Lipinski definition) is 1. The van der Waals surface area contributed by atoms with Gasteiger partial charge in [-0.1, -0.05) is 41.0 Å². The number of methoxy groups -OCH3 is 1. The molecule has 0 saturated heterocycles. The first-order chi connectivity index (χ1) is 13.6. The Kier molecular flexibility index (Phi) is 4.83. The molecule has 0 saturated carbocycles. The van der Waals surface area contributed by atoms with Gasteiger partial charge in [-0.3, -0.25) is 4.79 Å². The summed E-state index contributed by atoms with van der Waals surface area (Å²) in [6.07, 6.45) is 0.260. The Morgan fingerprint density at radius 3 is 2.57 bits per heavy atom. The van der Waals surface area contributed by atoms with Gasteiger partial charge in [-0.15, -0.1) is 0 Å². The molecule has 7 nitrogen and oxygen atoms in total. The number of halogens is 1. The molecule has 28 heavy (non-hydrogen) atoms. The number of carbonyl (C=O) groups excluding carboxylic acids is 1. The van der Waals surface area contributed by atoms with Crippen molar-refractivity contribution in [2.75, 3.05) is 12.4 Å². The molecule has 0 bridgehead atoms. The zero-order valence-electron chi connectivity index (χ0n) is 15.4. The fourth-order valence-corrected chi connectivity index (χ4v) is 3.48. The predicted octanol–water partition coefficient (Wildman–Crippen LogP) is 3.44. The van der Waals surface area contributed by atoms with Crippen molar-refractivity contribution in [3.63, 3.8) is 0 Å². The molecule has 0 fully saturated rings. The molecule has 8 heteroatoms. The lowest BCUT2D eigenvalue weighted by Crippen LogP contribution is -2.29. The van der Waals surface area contributed by atoms with E-state index < -0.39 is 6.04 Å². The van der Waals surface area contributed by atoms with Crippen LogP contribution >= 0.6 is 11.6 Å². The predicted molar refractivity (Wildman–Crippen MR) is 105 cm³/mol. The van der Waals surface area contributed by atoms with Gasteiger partial charge in [0.1, 0.15) is 11.8 Å². The van der Waals surface area contributed by atoms with E-state index in [1.165, 1.54) is 0 Å². The third-order valence-electron chi connectivity index (χ3n) is 4.72. The van der Waals surface area contributed by atoms with Crippen LogP contribution in [0.1, 0.15) is 24.1 Å². The summed E-state index contributed by atoms with van der Waals surface area (Å²) in [4.78, 5) is 13.3. The van der Waals surface area contributed by atoms with Crippen molar-refractivity contribution in [2.24, 2.45) is 0 Å². The highest BCUT2D eigenvalue weighted by molar-refractivity contribution is 6.30. The fraction of sp³-hybridized carbons (Fsp3) is 0.200. The van der Waals surface area contributed by atoms with Gasteiger partial charge in [-0.2, -0.15) is 4.68 Å². The molecule has 4 rings (SSSR count). The van der Waals surface area contributed by atoms with Crippen LogP contribution in [0.3, 0.4) is 0 Å². The normalized spacial score (nSPS) is 15.8. The molecule has 2 aromatic carbocycles. The summed E-state index contributed by atoms with van der Waals surface area (Å²) >= 11 is 5.95. The van der Waals surface area contributed by atoms with Gasteiger partial charge < -0.3 is 10.1 Å². The summed E-state index contributed by atoms with van der Waals surface area (Å²) in [5, 5.41) is 15.6. The number of tetrazole rings is 1. The molecule has 1 aliphatic heterocycles. The fourth-order valence-electron chi connectivity index (χ4n) is 3.35. The van der Waals surface area contributed by atoms with Gasteiger partial charge in [0.05, 0.1) is 7.11 Å². The SMILES string of the molecule is COc1ccc([C@@H]2C(C(=O)Cc3ccc(Cl)cc3)=C(C)Nc3nnnn32)cc1. The lowest BCUT2D eigenvalue weighted by Gasteiger charge is -2.28. The van der Waals surface area contributed by atoms with Gasteiger partial charge in [-0.05, 0) is 52.7 Å². The number of fused-ring (bicyclic) bond motifs is 1. The first-order valence-corrected chi connectivity index (χ1v) is 9.12. The molecule has 1 aromatic heterocycles. The number of anilines is 1. The Labute approximate surface area is 167 Å². The number of ether oxygens (including phenoxy) is 1. The second-order valence-corrected chi connectivity index (χ2v) is 6.95. The van der Waals surface area contributed by atoms with Gasteiger partial charge in [0.15, 0.2) is 5.78 Å². The first kappa shape index (κ1) is 18.2. The largest absolute Gasteiger partial charge is 0.497 e. The number of benzene rings is 2. The lowest BCUT2D eigenvalue weighted by atomic mass is 9.90. The summed E-state index contributed by atoms with van der Waals surface area (Å²) in [5.41, 5.74) is 3.15. The zero-order chi connectivity index (χ0) is 19.7. The van der Waals surface area contributed by atoms with Crippen LogP contribution in [-0.4, -0.2) is 33.1 Å². The van der Waals surface area contributed by atoms with Crippen molar-refractivity contribution in [2.45, 2.75) is 19.4 Å². The summed E-state index contributed by atoms with van der Waals surface area (Å²) in [6, 6.07) is 14.4. The molecule has 0 aliphatic carbocycles. The molecule has 3 aromatic rings. The molecule has 0 amide bonds. The summed E-state index contributed by atoms with van der Waals surface area (Å²) in [6.45, 7) is 1.86. The van der Waals surface area contributed by atoms with E-state index >= 15 is 0 Å². The Bertz CT molecular complexity index is 1040. The second-order valence-electron chi connectivity index (χ2n) is 6.51. The average Bonchev–Trinajstić information content (AvgIpc) is 3.16. The highest BCUT2D eigenvalue weighted by Crippen LogP contribution is 2.35. The number of rotatable bonds is 5. The molecular weight excluding hydrogens is 378 g/mol. The minimum atomic E-state index is -0.419. The number of nitrogens with zero attached hydrogens (tertiary/aromatic N) is 4. The highest BCUT2D eigenvalue weighted by atomic mass is 35.5. The number of Topliss-reactive ketones (excluding diaryl/α,β-unsaturated/α-hetero) is 1. The number of ketones is 1. The molecular formula is C20H18ClN5O2. The molecule has 2 heterocycles. The number of carbonyl (C=O) groups is 1. The van der Waals surface area contributed by atoms with Crippen LogP contribution < -0.4 is 10.1 Å². The quantitative estimate of drug-likeness (QED) is 0.712. The minimum Gasteiger partial charge on any atom is -0.497 e. The number of nitrogens with one attached hydrogen (secondary N) is 1. The summed E-state index contributed by atoms with van der Waals surface area (Å²) in [5.74, 6) is 1.24. The molecule has 1 N–H and O–H groups in total. The third-order valence-corrected chi connectivity index (χ3v) is 4.98. The first-order valence-electron chi connectivity index (χ1n) is 8.74. The van der Waals surface area contributed by atoms with Crippen molar-refractivity contribution in [1.82, 2.24) is 20.2 Å². The van der Waals surface area contributed by atoms with Crippen molar-refractivity contribution >= 4 is 23.3 Å². The van der Waals surface area contributed by atoms with Crippen molar-refractivity contribution in [3.05, 3.63) is 76.0 Å². The van der Waals surface area contributed by atoms with E-state index in [0.717, 1.165) is 22.6 Å². The zero-order valence-corrected chi connectivity index (χ0v) is 16.1. The molecule has 142 valence electrons. The van der Waals surface area contributed by atoms with Crippen LogP contribution in [0.5, 0.6) is 5.75 Å². The number of aromatic nitrogens is 4. The van der Waals surface area contributed by atoms with Crippen LogP contribution in [0.25, 0.3) is 0 Å². The number of hydrogen-bond acceptors (Lipinski definition) is 6. The van der Waals surface area contributed by atoms with Crippen LogP contribution in [-0.2, 0) is 11.2 Å². The van der Waals surface area contributed by atoms with Crippen LogP contribution in [0, 0.1) is 0 Å². The van der Waals surface area contributed by atoms with E-state index in [-0.39, 0.29) is 12.2 Å². The van der Waals surface area contributed by atoms with Gasteiger partial charge in [0.2, 0.25) is 5.95 Å². The standard InChI is InChI=1S/C20H18ClN5O2/c1-12-18(17(27)11-13-3-7-15(21)8-4-13)19(26-20(22-12)23-24-25-26)14-5-9-16(28-2)10-6-14/h3-10,19H,11H2,1-2H3,(H,22,23,25)/t19-/m1/s1. The van der Waals surface area contributed by atoms with E-state index in [1.54, 1.807) is 23.9 Å². The monoisotopic (exact) mass is 395 g/mol. The van der Waals surface area contributed by atoms with Gasteiger partial charge in [0, 0.05) is 22.7 Å². The van der Waals surface area contributed by atoms with Crippen LogP contribution in [0.15, 0.2) is 59.8 Å². The molecule has 1 aliphatic rings. The Balaban J connectivity index is 1.73. The molecule has 0 unspecified atom stereocenters. The Morgan fingerprint density at radius 2 is 1.89 bits per heavy atom. The van der Waals surface area contributed by atoms with E-state index in [1.807, 2.05) is 43.3 Å². The Hall–Kier alpha value is -3.19. The maximum absolute atomic E-state index is 13.3. The topological polar surface area (TPSA) is 81.9 Å². The van der Waals surface area contributed by atoms with Crippen molar-refractivity contribution in [1.29, 1.82) is 0 Å². The van der Waals surface area contributed by atoms with Gasteiger partial charge >= 0.3 is 0 Å². The van der Waals surface area contributed by atoms with E-state index in [2.05, 4.69) is 20.8 Å². The maximum Gasteiger partial charge on any atom is 0.248 e. The van der Waals surface area contributed by atoms with E-state index in [9.17, 15) is 4.79 Å². The van der Waals surface area contributed by atoms with Crippen molar-refractivity contribution < 1.29 is 9.53 Å². The molecule has 1 atom stereocenters. The summed E-state index contributed by atoms with van der Waals surface area (Å²) in [7, 11) is 1.62. The Morgan fingerprint density at radius 1 is 1.18 bits per heavy atom. The minimum absolute atomic E-state index is 0.00529. The van der Waals surface area contributed by atoms with Crippen LogP contribution in [0.4, 0.5) is 5.95 Å². The highest BCUT2D eigenvalue weighted by Gasteiger charge is 2.33. The molecule has 0 radical (unpaired) electrons. The van der Waals surface area contributed by atoms with E-state index in [0.29, 0.717) is 16.5 Å². The lowest BCUT2D eigenvalue weighted by molar-refractivity contribution is -0.115. The number of allylic oxidation sites excluding steroid dienone is 2. The summed E-state index contributed by atoms with van der Waals surface area (Å²) < 4.78 is 6.87. The second kappa shape index (κ2) is 7.44. The maximum atomic E-state index is 13.3. The van der Waals surface area contributed by atoms with Crippen molar-refractivity contribution in [3.8, 4) is 5.75 Å².